The highest BCUT2D eigenvalue weighted by Gasteiger charge is 2.23. The van der Waals surface area contributed by atoms with Crippen LogP contribution < -0.4 is 10.2 Å². The summed E-state index contributed by atoms with van der Waals surface area (Å²) in [5, 5.41) is 10.2. The summed E-state index contributed by atoms with van der Waals surface area (Å²) in [6, 6.07) is 16.9. The summed E-state index contributed by atoms with van der Waals surface area (Å²) in [7, 11) is 1.71. The van der Waals surface area contributed by atoms with E-state index >= 15 is 0 Å². The Bertz CT molecular complexity index is 1190. The molecule has 1 amide bonds. The number of hydrogen-bond acceptors (Lipinski definition) is 4. The Hall–Kier alpha value is -3.35. The fourth-order valence-corrected chi connectivity index (χ4v) is 4.66. The van der Waals surface area contributed by atoms with Gasteiger partial charge in [0.25, 0.3) is 5.91 Å². The van der Waals surface area contributed by atoms with Gasteiger partial charge >= 0.3 is 0 Å². The highest BCUT2D eigenvalue weighted by Crippen LogP contribution is 2.32. The van der Waals surface area contributed by atoms with Crippen molar-refractivity contribution in [3.05, 3.63) is 89.2 Å². The number of aryl methyl sites for hydroxylation is 1. The van der Waals surface area contributed by atoms with E-state index in [0.29, 0.717) is 5.57 Å². The largest absolute Gasteiger partial charge is 0.497 e. The average molecular weight is 446 g/mol. The monoisotopic (exact) mass is 445 g/mol. The van der Waals surface area contributed by atoms with Crippen molar-refractivity contribution >= 4 is 16.8 Å². The molecule has 172 valence electrons. The second kappa shape index (κ2) is 10.5. The van der Waals surface area contributed by atoms with Crippen LogP contribution in [0.25, 0.3) is 10.9 Å². The van der Waals surface area contributed by atoms with Crippen LogP contribution in [0.15, 0.2) is 72.3 Å². The molecule has 0 radical (unpaired) electrons. The SMILES string of the molecule is C/C=C(\C=C/CCn1c2c(c3ccccc31)CN(Cc1cccc(OC)c1)CC2)C(=O)NO. The van der Waals surface area contributed by atoms with Gasteiger partial charge in [-0.2, -0.15) is 0 Å². The van der Waals surface area contributed by atoms with Gasteiger partial charge in [0.2, 0.25) is 0 Å². The van der Waals surface area contributed by atoms with Crippen LogP contribution in [0.4, 0.5) is 0 Å². The topological polar surface area (TPSA) is 66.7 Å². The van der Waals surface area contributed by atoms with Crippen LogP contribution in [-0.2, 0) is 30.8 Å². The third kappa shape index (κ3) is 5.02. The van der Waals surface area contributed by atoms with Crippen molar-refractivity contribution in [2.24, 2.45) is 0 Å². The lowest BCUT2D eigenvalue weighted by Gasteiger charge is -2.28. The number of allylic oxidation sites excluding steroid dienone is 2. The molecule has 4 rings (SSSR count). The first kappa shape index (κ1) is 22.8. The van der Waals surface area contributed by atoms with Crippen LogP contribution in [0.5, 0.6) is 5.75 Å². The number of fused-ring (bicyclic) bond motifs is 3. The van der Waals surface area contributed by atoms with E-state index in [1.807, 2.05) is 18.2 Å². The number of nitrogens with one attached hydrogen (secondary N) is 1. The molecular weight excluding hydrogens is 414 g/mol. The Labute approximate surface area is 194 Å². The van der Waals surface area contributed by atoms with Crippen molar-refractivity contribution in [1.82, 2.24) is 14.9 Å². The number of rotatable bonds is 8. The number of benzene rings is 2. The number of aromatic nitrogens is 1. The van der Waals surface area contributed by atoms with Gasteiger partial charge in [0.1, 0.15) is 5.75 Å². The first-order valence-electron chi connectivity index (χ1n) is 11.4. The second-order valence-electron chi connectivity index (χ2n) is 8.28. The smallest absolute Gasteiger partial charge is 0.274 e. The van der Waals surface area contributed by atoms with Gasteiger partial charge in [-0.3, -0.25) is 14.9 Å². The van der Waals surface area contributed by atoms with Crippen LogP contribution >= 0.6 is 0 Å². The molecule has 0 spiro atoms. The predicted molar refractivity (Wildman–Crippen MR) is 130 cm³/mol. The van der Waals surface area contributed by atoms with E-state index in [-0.39, 0.29) is 0 Å². The molecule has 0 unspecified atom stereocenters. The number of carbonyl (C=O) groups is 1. The number of hydrogen-bond donors (Lipinski definition) is 2. The number of amides is 1. The zero-order chi connectivity index (χ0) is 23.2. The number of nitrogens with zero attached hydrogens (tertiary/aromatic N) is 2. The Morgan fingerprint density at radius 3 is 2.85 bits per heavy atom. The van der Waals surface area contributed by atoms with E-state index in [1.54, 1.807) is 31.7 Å². The zero-order valence-electron chi connectivity index (χ0n) is 19.3. The molecule has 2 aromatic carbocycles. The van der Waals surface area contributed by atoms with Gasteiger partial charge in [0, 0.05) is 54.8 Å². The lowest BCUT2D eigenvalue weighted by atomic mass is 10.0. The lowest BCUT2D eigenvalue weighted by molar-refractivity contribution is -0.124. The van der Waals surface area contributed by atoms with Crippen LogP contribution in [-0.4, -0.2) is 34.2 Å². The van der Waals surface area contributed by atoms with Crippen LogP contribution in [0.1, 0.15) is 30.2 Å². The van der Waals surface area contributed by atoms with E-state index in [1.165, 1.54) is 27.7 Å². The van der Waals surface area contributed by atoms with Gasteiger partial charge in [0.05, 0.1) is 7.11 Å². The van der Waals surface area contributed by atoms with Gasteiger partial charge < -0.3 is 9.30 Å². The highest BCUT2D eigenvalue weighted by atomic mass is 16.5. The van der Waals surface area contributed by atoms with E-state index in [0.717, 1.165) is 44.8 Å². The van der Waals surface area contributed by atoms with Gasteiger partial charge in [-0.15, -0.1) is 0 Å². The fourth-order valence-electron chi connectivity index (χ4n) is 4.66. The summed E-state index contributed by atoms with van der Waals surface area (Å²) in [4.78, 5) is 14.1. The van der Waals surface area contributed by atoms with E-state index in [2.05, 4.69) is 45.9 Å². The van der Waals surface area contributed by atoms with Crippen molar-refractivity contribution < 1.29 is 14.7 Å². The van der Waals surface area contributed by atoms with Crippen LogP contribution in [0.3, 0.4) is 0 Å². The Kier molecular flexibility index (Phi) is 7.27. The van der Waals surface area contributed by atoms with E-state index in [9.17, 15) is 4.79 Å². The predicted octanol–water partition coefficient (Wildman–Crippen LogP) is 4.61. The van der Waals surface area contributed by atoms with Gasteiger partial charge in [-0.1, -0.05) is 48.6 Å². The maximum absolute atomic E-state index is 11.6. The van der Waals surface area contributed by atoms with Crippen molar-refractivity contribution in [2.75, 3.05) is 13.7 Å². The number of hydroxylamine groups is 1. The average Bonchev–Trinajstić information content (AvgIpc) is 3.17. The quantitative estimate of drug-likeness (QED) is 0.230. The van der Waals surface area contributed by atoms with Gasteiger partial charge in [0.15, 0.2) is 0 Å². The zero-order valence-corrected chi connectivity index (χ0v) is 19.3. The summed E-state index contributed by atoms with van der Waals surface area (Å²) in [6.07, 6.45) is 7.24. The molecule has 3 aromatic rings. The summed E-state index contributed by atoms with van der Waals surface area (Å²) in [5.41, 5.74) is 7.48. The summed E-state index contributed by atoms with van der Waals surface area (Å²) in [6.45, 7) is 5.46. The number of ether oxygens (including phenoxy) is 1. The first-order valence-corrected chi connectivity index (χ1v) is 11.4. The summed E-state index contributed by atoms with van der Waals surface area (Å²) in [5.74, 6) is 0.404. The maximum Gasteiger partial charge on any atom is 0.274 e. The molecule has 1 aromatic heterocycles. The molecule has 0 saturated heterocycles. The number of carbonyl (C=O) groups excluding carboxylic acids is 1. The van der Waals surface area contributed by atoms with Gasteiger partial charge in [-0.05, 0) is 42.7 Å². The molecule has 0 aliphatic carbocycles. The molecule has 2 N–H and O–H groups in total. The highest BCUT2D eigenvalue weighted by molar-refractivity contribution is 5.95. The Morgan fingerprint density at radius 1 is 1.21 bits per heavy atom. The van der Waals surface area contributed by atoms with E-state index in [4.69, 9.17) is 9.94 Å². The Morgan fingerprint density at radius 2 is 2.06 bits per heavy atom. The van der Waals surface area contributed by atoms with Crippen LogP contribution in [0.2, 0.25) is 0 Å². The summed E-state index contributed by atoms with van der Waals surface area (Å²) < 4.78 is 7.81. The number of methoxy groups -OCH3 is 1. The standard InChI is InChI=1S/C27H31N3O3/c1-3-21(27(31)28-32)10-6-7-15-30-25-13-5-4-12-23(25)24-19-29(16-14-26(24)30)18-20-9-8-11-22(17-20)33-2/h3-6,8-13,17,32H,7,14-16,18-19H2,1-2H3,(H,28,31)/b10-6-,21-3+. The van der Waals surface area contributed by atoms with Gasteiger partial charge in [-0.25, -0.2) is 5.48 Å². The van der Waals surface area contributed by atoms with Crippen molar-refractivity contribution in [3.63, 3.8) is 0 Å². The number of para-hydroxylation sites is 1. The normalized spacial score (nSPS) is 14.6. The molecule has 6 nitrogen and oxygen atoms in total. The molecule has 0 saturated carbocycles. The molecule has 0 fully saturated rings. The maximum atomic E-state index is 11.6. The van der Waals surface area contributed by atoms with Crippen molar-refractivity contribution in [1.29, 1.82) is 0 Å². The minimum absolute atomic E-state index is 0.449. The summed E-state index contributed by atoms with van der Waals surface area (Å²) >= 11 is 0. The molecule has 1 aliphatic rings. The third-order valence-corrected chi connectivity index (χ3v) is 6.27. The molecule has 0 bridgehead atoms. The Balaban J connectivity index is 1.52. The van der Waals surface area contributed by atoms with E-state index < -0.39 is 5.91 Å². The minimum Gasteiger partial charge on any atom is -0.497 e. The molecule has 33 heavy (non-hydrogen) atoms. The second-order valence-corrected chi connectivity index (χ2v) is 8.28. The molecule has 1 aliphatic heterocycles. The molecule has 2 heterocycles. The molecule has 6 heteroatoms. The van der Waals surface area contributed by atoms with Crippen LogP contribution in [0, 0.1) is 0 Å². The lowest BCUT2D eigenvalue weighted by Crippen LogP contribution is -2.30. The van der Waals surface area contributed by atoms with Crippen molar-refractivity contribution in [3.8, 4) is 5.75 Å². The fraction of sp³-hybridized carbons (Fsp3) is 0.296. The molecule has 0 atom stereocenters. The van der Waals surface area contributed by atoms with Crippen molar-refractivity contribution in [2.45, 2.75) is 39.4 Å². The third-order valence-electron chi connectivity index (χ3n) is 6.27. The first-order chi connectivity index (χ1) is 16.1. The molecular formula is C27H31N3O3. The minimum atomic E-state index is -0.492.